The molecule has 6 rings (SSSR count). The largest absolute Gasteiger partial charge is 0.487 e. The van der Waals surface area contributed by atoms with Crippen molar-refractivity contribution >= 4 is 47.9 Å². The van der Waals surface area contributed by atoms with Crippen LogP contribution in [0.1, 0.15) is 37.8 Å². The number of ether oxygens (including phenoxy) is 3. The zero-order chi connectivity index (χ0) is 28.4. The third kappa shape index (κ3) is 5.69. The number of halogens is 1. The molecule has 2 saturated heterocycles. The first-order valence-electron chi connectivity index (χ1n) is 13.8. The van der Waals surface area contributed by atoms with Gasteiger partial charge < -0.3 is 19.1 Å². The second-order valence-corrected chi connectivity index (χ2v) is 12.9. The Hall–Kier alpha value is -3.08. The molecule has 0 radical (unpaired) electrons. The molecule has 0 bridgehead atoms. The van der Waals surface area contributed by atoms with Crippen molar-refractivity contribution in [2.45, 2.75) is 49.4 Å². The van der Waals surface area contributed by atoms with E-state index in [0.717, 1.165) is 58.3 Å². The van der Waals surface area contributed by atoms with Gasteiger partial charge in [0.05, 0.1) is 28.6 Å². The van der Waals surface area contributed by atoms with E-state index in [1.807, 2.05) is 0 Å². The van der Waals surface area contributed by atoms with Crippen LogP contribution in [0.15, 0.2) is 58.2 Å². The maximum Gasteiger partial charge on any atom is 0.269 e. The lowest BCUT2D eigenvalue weighted by Gasteiger charge is -2.32. The molecule has 2 aliphatic rings. The summed E-state index contributed by atoms with van der Waals surface area (Å²) >= 11 is 3.47. The summed E-state index contributed by atoms with van der Waals surface area (Å²) in [5.74, 6) is 0.285. The van der Waals surface area contributed by atoms with Gasteiger partial charge in [0.15, 0.2) is 23.4 Å². The van der Waals surface area contributed by atoms with Gasteiger partial charge in [-0.25, -0.2) is 22.4 Å². The van der Waals surface area contributed by atoms with Crippen LogP contribution in [0.25, 0.3) is 21.9 Å². The lowest BCUT2D eigenvalue weighted by molar-refractivity contribution is -0.164. The first-order chi connectivity index (χ1) is 20.0. The number of hydrogen-bond donors (Lipinski definition) is 0. The van der Waals surface area contributed by atoms with Crippen molar-refractivity contribution in [3.63, 3.8) is 0 Å². The van der Waals surface area contributed by atoms with Crippen molar-refractivity contribution in [1.82, 2.24) is 18.8 Å². The van der Waals surface area contributed by atoms with Gasteiger partial charge in [-0.2, -0.15) is 5.26 Å². The molecule has 5 heterocycles. The topological polar surface area (TPSA) is 120 Å². The van der Waals surface area contributed by atoms with Gasteiger partial charge in [-0.15, -0.1) is 0 Å². The first kappa shape index (κ1) is 28.1. The number of nitriles is 1. The summed E-state index contributed by atoms with van der Waals surface area (Å²) < 4.78 is 47.6. The smallest absolute Gasteiger partial charge is 0.269 e. The molecule has 1 atom stereocenters. The zero-order valence-electron chi connectivity index (χ0n) is 22.4. The van der Waals surface area contributed by atoms with Gasteiger partial charge in [0.2, 0.25) is 0 Å². The Morgan fingerprint density at radius 1 is 1.10 bits per heavy atom. The van der Waals surface area contributed by atoms with Gasteiger partial charge in [0, 0.05) is 42.3 Å². The van der Waals surface area contributed by atoms with E-state index in [4.69, 9.17) is 14.2 Å². The van der Waals surface area contributed by atoms with Crippen LogP contribution in [0.5, 0.6) is 5.75 Å². The molecule has 1 aromatic carbocycles. The summed E-state index contributed by atoms with van der Waals surface area (Å²) in [5, 5.41) is 11.0. The van der Waals surface area contributed by atoms with Gasteiger partial charge in [-0.1, -0.05) is 18.2 Å². The Morgan fingerprint density at radius 2 is 1.90 bits per heavy atom. The second kappa shape index (κ2) is 12.0. The minimum Gasteiger partial charge on any atom is -0.487 e. The van der Waals surface area contributed by atoms with Gasteiger partial charge >= 0.3 is 0 Å². The number of fused-ring (bicyclic) bond motifs is 3. The molecule has 0 aliphatic carbocycles. The summed E-state index contributed by atoms with van der Waals surface area (Å²) in [6.07, 6.45) is 7.42. The highest BCUT2D eigenvalue weighted by molar-refractivity contribution is 9.10. The number of aromatic nitrogens is 3. The van der Waals surface area contributed by atoms with E-state index in [0.29, 0.717) is 27.4 Å². The highest BCUT2D eigenvalue weighted by atomic mass is 79.9. The zero-order valence-corrected chi connectivity index (χ0v) is 24.8. The van der Waals surface area contributed by atoms with Crippen LogP contribution in [0.4, 0.5) is 0 Å². The van der Waals surface area contributed by atoms with Crippen molar-refractivity contribution in [1.29, 1.82) is 5.26 Å². The average molecular weight is 641 g/mol. The van der Waals surface area contributed by atoms with Gasteiger partial charge in [0.1, 0.15) is 12.2 Å². The summed E-state index contributed by atoms with van der Waals surface area (Å²) in [7, 11) is -4.02. The van der Waals surface area contributed by atoms with Crippen molar-refractivity contribution < 1.29 is 22.6 Å². The molecular weight excluding hydrogens is 610 g/mol. The highest BCUT2D eigenvalue weighted by Gasteiger charge is 2.30. The molecule has 12 heteroatoms. The normalized spacial score (nSPS) is 19.0. The van der Waals surface area contributed by atoms with E-state index >= 15 is 0 Å². The summed E-state index contributed by atoms with van der Waals surface area (Å²) in [4.78, 5) is 11.3. The van der Waals surface area contributed by atoms with E-state index in [2.05, 4.69) is 36.9 Å². The van der Waals surface area contributed by atoms with Crippen LogP contribution in [0.3, 0.4) is 0 Å². The van der Waals surface area contributed by atoms with E-state index in [1.54, 1.807) is 42.6 Å². The van der Waals surface area contributed by atoms with Crippen molar-refractivity contribution in [2.24, 2.45) is 0 Å². The summed E-state index contributed by atoms with van der Waals surface area (Å²) in [6, 6.07) is 12.1. The second-order valence-electron chi connectivity index (χ2n) is 10.2. The van der Waals surface area contributed by atoms with Crippen LogP contribution in [0, 0.1) is 11.3 Å². The summed E-state index contributed by atoms with van der Waals surface area (Å²) in [6.45, 7) is 3.85. The number of pyridine rings is 2. The molecule has 4 aromatic rings. The van der Waals surface area contributed by atoms with Gasteiger partial charge in [-0.05, 0) is 66.2 Å². The predicted octanol–water partition coefficient (Wildman–Crippen LogP) is 4.84. The summed E-state index contributed by atoms with van der Waals surface area (Å²) in [5.41, 5.74) is 0.658. The van der Waals surface area contributed by atoms with Gasteiger partial charge in [-0.3, -0.25) is 0 Å². The van der Waals surface area contributed by atoms with Crippen LogP contribution >= 0.6 is 15.9 Å². The standard InChI is InChI=1S/C29H30BrN5O5S/c30-20-16-23-27-25(35(29(23)33-18-20)41(36,37)22-6-2-1-3-7-22)19-32-24(17-31)28(27)40-21-9-11-34(12-10-21)13-15-39-26-8-4-5-14-38-26/h1-3,6-7,16,18-19,21,26H,4-5,8-15H2. The maximum absolute atomic E-state index is 13.8. The number of benzene rings is 1. The fraction of sp³-hybridized carbons (Fsp3) is 0.414. The van der Waals surface area contributed by atoms with E-state index < -0.39 is 10.0 Å². The van der Waals surface area contributed by atoms with E-state index in [9.17, 15) is 13.7 Å². The monoisotopic (exact) mass is 639 g/mol. The number of piperidine rings is 1. The molecule has 214 valence electrons. The minimum absolute atomic E-state index is 0.0932. The molecule has 0 saturated carbocycles. The third-order valence-electron chi connectivity index (χ3n) is 7.58. The van der Waals surface area contributed by atoms with Crippen LogP contribution < -0.4 is 4.74 Å². The molecule has 2 aliphatic heterocycles. The Labute approximate surface area is 247 Å². The minimum atomic E-state index is -4.02. The van der Waals surface area contributed by atoms with Gasteiger partial charge in [0.25, 0.3) is 10.0 Å². The lowest BCUT2D eigenvalue weighted by Crippen LogP contribution is -2.40. The van der Waals surface area contributed by atoms with E-state index in [1.165, 1.54) is 10.2 Å². The number of likely N-dealkylation sites (tertiary alicyclic amines) is 1. The van der Waals surface area contributed by atoms with Crippen molar-refractivity contribution in [3.05, 3.63) is 59.0 Å². The number of hydrogen-bond acceptors (Lipinski definition) is 9. The molecule has 2 fully saturated rings. The fourth-order valence-electron chi connectivity index (χ4n) is 5.50. The Morgan fingerprint density at radius 3 is 2.63 bits per heavy atom. The SMILES string of the molecule is N#Cc1ncc2c(c1OC1CCN(CCOC3CCCCO3)CC1)c1cc(Br)cnc1n2S(=O)(=O)c1ccccc1. The highest BCUT2D eigenvalue weighted by Crippen LogP contribution is 2.40. The molecule has 3 aromatic heterocycles. The Balaban J connectivity index is 1.29. The van der Waals surface area contributed by atoms with Crippen molar-refractivity contribution in [2.75, 3.05) is 32.8 Å². The molecule has 1 unspecified atom stereocenters. The number of rotatable bonds is 8. The molecule has 0 N–H and O–H groups in total. The lowest BCUT2D eigenvalue weighted by atomic mass is 10.1. The Kier molecular flexibility index (Phi) is 8.23. The Bertz CT molecular complexity index is 1690. The number of nitrogens with zero attached hydrogens (tertiary/aromatic N) is 5. The fourth-order valence-corrected chi connectivity index (χ4v) is 7.31. The van der Waals surface area contributed by atoms with Crippen molar-refractivity contribution in [3.8, 4) is 11.8 Å². The maximum atomic E-state index is 13.8. The average Bonchev–Trinajstić information content (AvgIpc) is 3.34. The predicted molar refractivity (Wildman–Crippen MR) is 156 cm³/mol. The molecule has 41 heavy (non-hydrogen) atoms. The quantitative estimate of drug-likeness (QED) is 0.267. The molecular formula is C29H30BrN5O5S. The molecule has 0 amide bonds. The first-order valence-corrected chi connectivity index (χ1v) is 16.0. The van der Waals surface area contributed by atoms with E-state index in [-0.39, 0.29) is 34.4 Å². The molecule has 10 nitrogen and oxygen atoms in total. The van der Waals surface area contributed by atoms with Crippen LogP contribution in [-0.2, 0) is 19.5 Å². The van der Waals surface area contributed by atoms with Crippen LogP contribution in [-0.4, -0.2) is 72.5 Å². The molecule has 0 spiro atoms. The third-order valence-corrected chi connectivity index (χ3v) is 9.74. The van der Waals surface area contributed by atoms with Crippen LogP contribution in [0.2, 0.25) is 0 Å².